The van der Waals surface area contributed by atoms with Crippen molar-refractivity contribution >= 4 is 27.3 Å². The van der Waals surface area contributed by atoms with Crippen LogP contribution in [0.15, 0.2) is 63.3 Å². The van der Waals surface area contributed by atoms with Gasteiger partial charge < -0.3 is 15.0 Å². The molecule has 4 rings (SSSR count). The lowest BCUT2D eigenvalue weighted by Gasteiger charge is -2.30. The van der Waals surface area contributed by atoms with Gasteiger partial charge in [0.15, 0.2) is 0 Å². The second-order valence-corrected chi connectivity index (χ2v) is 8.22. The van der Waals surface area contributed by atoms with Crippen molar-refractivity contribution in [1.29, 1.82) is 0 Å². The fourth-order valence-corrected chi connectivity index (χ4v) is 4.46. The predicted octanol–water partition coefficient (Wildman–Crippen LogP) is 1.64. The van der Waals surface area contributed by atoms with Crippen LogP contribution in [0.2, 0.25) is 0 Å². The zero-order valence-electron chi connectivity index (χ0n) is 14.6. The molecule has 1 amide bonds. The Morgan fingerprint density at radius 2 is 1.96 bits per heavy atom. The standard InChI is InChI=1S/C19H19N3O4S/c23-19(13-18-20-8-9-21-18)22-10-11-26-17-12-15(6-7-16(17)22)27(24,25)14-4-2-1-3-5-14/h1-7,12H,8-11,13H2,(H,20,21). The summed E-state index contributed by atoms with van der Waals surface area (Å²) in [5.74, 6) is 0.996. The number of aliphatic imine (C=N–C) groups is 1. The number of rotatable bonds is 4. The Bertz CT molecular complexity index is 1000. The van der Waals surface area contributed by atoms with E-state index < -0.39 is 9.84 Å². The lowest BCUT2D eigenvalue weighted by atomic mass is 10.2. The Balaban J connectivity index is 1.63. The number of amidine groups is 1. The van der Waals surface area contributed by atoms with Crippen LogP contribution in [0.3, 0.4) is 0 Å². The SMILES string of the molecule is O=C(CC1=NCCN1)N1CCOc2cc(S(=O)(=O)c3ccccc3)ccc21. The number of hydrogen-bond donors (Lipinski definition) is 1. The Morgan fingerprint density at radius 1 is 1.15 bits per heavy atom. The lowest BCUT2D eigenvalue weighted by molar-refractivity contribution is -0.117. The van der Waals surface area contributed by atoms with Gasteiger partial charge in [-0.1, -0.05) is 18.2 Å². The topological polar surface area (TPSA) is 88.1 Å². The minimum absolute atomic E-state index is 0.0913. The molecule has 0 fully saturated rings. The predicted molar refractivity (Wildman–Crippen MR) is 101 cm³/mol. The minimum Gasteiger partial charge on any atom is -0.489 e. The molecule has 2 aliphatic rings. The van der Waals surface area contributed by atoms with Crippen LogP contribution in [0.5, 0.6) is 5.75 Å². The maximum atomic E-state index is 12.8. The number of hydrogen-bond acceptors (Lipinski definition) is 6. The molecule has 2 aromatic carbocycles. The van der Waals surface area contributed by atoms with Crippen LogP contribution in [0, 0.1) is 0 Å². The Morgan fingerprint density at radius 3 is 2.70 bits per heavy atom. The van der Waals surface area contributed by atoms with Crippen molar-refractivity contribution in [3.8, 4) is 5.75 Å². The molecule has 0 saturated heterocycles. The highest BCUT2D eigenvalue weighted by Gasteiger charge is 2.27. The molecule has 140 valence electrons. The van der Waals surface area contributed by atoms with Crippen LogP contribution in [0.1, 0.15) is 6.42 Å². The van der Waals surface area contributed by atoms with Crippen molar-refractivity contribution in [1.82, 2.24) is 5.32 Å². The summed E-state index contributed by atoms with van der Waals surface area (Å²) in [5, 5.41) is 3.09. The molecular formula is C19H19N3O4S. The van der Waals surface area contributed by atoms with E-state index in [0.717, 1.165) is 6.54 Å². The van der Waals surface area contributed by atoms with Crippen molar-refractivity contribution in [2.24, 2.45) is 4.99 Å². The van der Waals surface area contributed by atoms with E-state index in [2.05, 4.69) is 10.3 Å². The largest absolute Gasteiger partial charge is 0.489 e. The number of nitrogens with one attached hydrogen (secondary N) is 1. The zero-order valence-corrected chi connectivity index (χ0v) is 15.4. The van der Waals surface area contributed by atoms with Crippen LogP contribution in [-0.2, 0) is 14.6 Å². The summed E-state index contributed by atoms with van der Waals surface area (Å²) >= 11 is 0. The fourth-order valence-electron chi connectivity index (χ4n) is 3.17. The Hall–Kier alpha value is -2.87. The number of amides is 1. The molecule has 0 spiro atoms. The van der Waals surface area contributed by atoms with Gasteiger partial charge in [-0.05, 0) is 24.3 Å². The molecule has 2 heterocycles. The van der Waals surface area contributed by atoms with E-state index in [4.69, 9.17) is 4.74 Å². The number of anilines is 1. The highest BCUT2D eigenvalue weighted by atomic mass is 32.2. The molecule has 27 heavy (non-hydrogen) atoms. The van der Waals surface area contributed by atoms with Gasteiger partial charge in [-0.25, -0.2) is 8.42 Å². The maximum Gasteiger partial charge on any atom is 0.234 e. The van der Waals surface area contributed by atoms with Gasteiger partial charge in [0, 0.05) is 12.6 Å². The van der Waals surface area contributed by atoms with Crippen molar-refractivity contribution in [2.75, 3.05) is 31.1 Å². The van der Waals surface area contributed by atoms with Crippen LogP contribution in [0.4, 0.5) is 5.69 Å². The second-order valence-electron chi connectivity index (χ2n) is 6.27. The average molecular weight is 385 g/mol. The minimum atomic E-state index is -3.64. The number of carbonyl (C=O) groups excluding carboxylic acids is 1. The Labute approximate surface area is 157 Å². The zero-order chi connectivity index (χ0) is 18.9. The molecule has 0 aromatic heterocycles. The first-order valence-corrected chi connectivity index (χ1v) is 10.2. The number of fused-ring (bicyclic) bond motifs is 1. The molecule has 0 bridgehead atoms. The van der Waals surface area contributed by atoms with Gasteiger partial charge in [0.25, 0.3) is 0 Å². The average Bonchev–Trinajstić information content (AvgIpc) is 3.20. The molecule has 1 N–H and O–H groups in total. The molecule has 8 heteroatoms. The van der Waals surface area contributed by atoms with E-state index in [1.54, 1.807) is 41.3 Å². The van der Waals surface area contributed by atoms with E-state index in [9.17, 15) is 13.2 Å². The maximum absolute atomic E-state index is 12.8. The first-order chi connectivity index (χ1) is 13.1. The summed E-state index contributed by atoms with van der Waals surface area (Å²) < 4.78 is 31.3. The molecule has 2 aromatic rings. The van der Waals surface area contributed by atoms with Crippen molar-refractivity contribution in [3.05, 3.63) is 48.5 Å². The van der Waals surface area contributed by atoms with Crippen LogP contribution in [-0.4, -0.2) is 46.4 Å². The number of carbonyl (C=O) groups is 1. The molecular weight excluding hydrogens is 366 g/mol. The van der Waals surface area contributed by atoms with Gasteiger partial charge in [-0.2, -0.15) is 0 Å². The summed E-state index contributed by atoms with van der Waals surface area (Å²) in [4.78, 5) is 18.9. The third-order valence-corrected chi connectivity index (χ3v) is 6.29. The van der Waals surface area contributed by atoms with Gasteiger partial charge in [-0.15, -0.1) is 0 Å². The highest BCUT2D eigenvalue weighted by Crippen LogP contribution is 2.35. The van der Waals surface area contributed by atoms with Gasteiger partial charge in [-0.3, -0.25) is 9.79 Å². The second kappa shape index (κ2) is 7.03. The number of sulfone groups is 1. The van der Waals surface area contributed by atoms with E-state index in [1.165, 1.54) is 12.1 Å². The van der Waals surface area contributed by atoms with Crippen LogP contribution in [0.25, 0.3) is 0 Å². The fraction of sp³-hybridized carbons (Fsp3) is 0.263. The third kappa shape index (κ3) is 3.40. The van der Waals surface area contributed by atoms with E-state index in [1.807, 2.05) is 0 Å². The summed E-state index contributed by atoms with van der Waals surface area (Å²) in [6.07, 6.45) is 0.198. The van der Waals surface area contributed by atoms with E-state index in [-0.39, 0.29) is 22.1 Å². The van der Waals surface area contributed by atoms with Crippen molar-refractivity contribution < 1.29 is 17.9 Å². The monoisotopic (exact) mass is 385 g/mol. The van der Waals surface area contributed by atoms with E-state index >= 15 is 0 Å². The molecule has 0 unspecified atom stereocenters. The lowest BCUT2D eigenvalue weighted by Crippen LogP contribution is -2.40. The van der Waals surface area contributed by atoms with Crippen LogP contribution < -0.4 is 15.0 Å². The smallest absolute Gasteiger partial charge is 0.234 e. The first-order valence-electron chi connectivity index (χ1n) is 8.70. The number of ether oxygens (including phenoxy) is 1. The van der Waals surface area contributed by atoms with Gasteiger partial charge in [0.05, 0.1) is 35.0 Å². The molecule has 0 saturated carbocycles. The normalized spacial score (nSPS) is 16.1. The highest BCUT2D eigenvalue weighted by molar-refractivity contribution is 7.91. The summed E-state index contributed by atoms with van der Waals surface area (Å²) in [6, 6.07) is 12.9. The van der Waals surface area contributed by atoms with Gasteiger partial charge in [0.1, 0.15) is 18.2 Å². The van der Waals surface area contributed by atoms with Crippen LogP contribution >= 0.6 is 0 Å². The third-order valence-electron chi connectivity index (χ3n) is 4.52. The summed E-state index contributed by atoms with van der Waals surface area (Å²) in [6.45, 7) is 2.17. The van der Waals surface area contributed by atoms with Gasteiger partial charge >= 0.3 is 0 Å². The van der Waals surface area contributed by atoms with E-state index in [0.29, 0.717) is 37.0 Å². The molecule has 0 radical (unpaired) electrons. The summed E-state index contributed by atoms with van der Waals surface area (Å²) in [7, 11) is -3.64. The molecule has 0 atom stereocenters. The quantitative estimate of drug-likeness (QED) is 0.864. The number of nitrogens with zero attached hydrogens (tertiary/aromatic N) is 2. The number of benzene rings is 2. The molecule has 0 aliphatic carbocycles. The Kier molecular flexibility index (Phi) is 4.57. The van der Waals surface area contributed by atoms with Crippen molar-refractivity contribution in [3.63, 3.8) is 0 Å². The first kappa shape index (κ1) is 17.5. The summed E-state index contributed by atoms with van der Waals surface area (Å²) in [5.41, 5.74) is 0.580. The van der Waals surface area contributed by atoms with Gasteiger partial charge in [0.2, 0.25) is 15.7 Å². The molecule has 2 aliphatic heterocycles. The van der Waals surface area contributed by atoms with Crippen molar-refractivity contribution in [2.45, 2.75) is 16.2 Å². The molecule has 7 nitrogen and oxygen atoms in total.